The number of rotatable bonds is 6. The van der Waals surface area contributed by atoms with Crippen LogP contribution < -0.4 is 5.32 Å². The molecule has 0 radical (unpaired) electrons. The second-order valence-corrected chi connectivity index (χ2v) is 8.10. The van der Waals surface area contributed by atoms with E-state index in [1.54, 1.807) is 29.5 Å². The molecule has 132 valence electrons. The number of thiophene rings is 1. The number of hydrogen-bond acceptors (Lipinski definition) is 3. The number of aliphatic imine (C=N–C) groups is 1. The molecular weight excluding hydrogens is 403 g/mol. The Bertz CT molecular complexity index is 796. The van der Waals surface area contributed by atoms with E-state index in [4.69, 9.17) is 0 Å². The molecule has 25 heavy (non-hydrogen) atoms. The van der Waals surface area contributed by atoms with E-state index in [9.17, 15) is 9.18 Å². The minimum atomic E-state index is -0.292. The van der Waals surface area contributed by atoms with Crippen molar-refractivity contribution in [2.75, 3.05) is 0 Å². The van der Waals surface area contributed by atoms with Crippen LogP contribution in [0.3, 0.4) is 0 Å². The molecule has 2 aromatic rings. The van der Waals surface area contributed by atoms with Crippen molar-refractivity contribution in [3.8, 4) is 0 Å². The van der Waals surface area contributed by atoms with Crippen molar-refractivity contribution < 1.29 is 9.18 Å². The summed E-state index contributed by atoms with van der Waals surface area (Å²) in [4.78, 5) is 18.2. The van der Waals surface area contributed by atoms with Crippen LogP contribution in [0.25, 0.3) is 0 Å². The minimum Gasteiger partial charge on any atom is -0.345 e. The first-order valence-electron chi connectivity index (χ1n) is 7.89. The number of benzene rings is 1. The fourth-order valence-electron chi connectivity index (χ4n) is 2.33. The number of amides is 1. The Balaban J connectivity index is 2.03. The first-order chi connectivity index (χ1) is 11.9. The first kappa shape index (κ1) is 19.5. The van der Waals surface area contributed by atoms with Gasteiger partial charge in [-0.05, 0) is 66.5 Å². The monoisotopic (exact) mass is 422 g/mol. The third kappa shape index (κ3) is 5.61. The largest absolute Gasteiger partial charge is 0.345 e. The van der Waals surface area contributed by atoms with E-state index < -0.39 is 0 Å². The fourth-order valence-corrected chi connectivity index (χ4v) is 3.74. The van der Waals surface area contributed by atoms with Crippen LogP contribution in [0.4, 0.5) is 4.39 Å². The highest BCUT2D eigenvalue weighted by Crippen LogP contribution is 2.23. The maximum Gasteiger partial charge on any atom is 0.253 e. The van der Waals surface area contributed by atoms with Crippen LogP contribution in [0.1, 0.15) is 37.3 Å². The van der Waals surface area contributed by atoms with Crippen LogP contribution >= 0.6 is 27.3 Å². The van der Waals surface area contributed by atoms with Crippen molar-refractivity contribution in [2.24, 2.45) is 4.99 Å². The lowest BCUT2D eigenvalue weighted by atomic mass is 10.1. The summed E-state index contributed by atoms with van der Waals surface area (Å²) >= 11 is 5.06. The summed E-state index contributed by atoms with van der Waals surface area (Å²) in [5, 5.41) is 2.93. The molecule has 3 nitrogen and oxygen atoms in total. The van der Waals surface area contributed by atoms with Crippen LogP contribution in [0.2, 0.25) is 0 Å². The van der Waals surface area contributed by atoms with Crippen molar-refractivity contribution in [3.05, 3.63) is 68.1 Å². The van der Waals surface area contributed by atoms with E-state index in [1.807, 2.05) is 32.9 Å². The van der Waals surface area contributed by atoms with Gasteiger partial charge in [-0.1, -0.05) is 18.2 Å². The van der Waals surface area contributed by atoms with Gasteiger partial charge in [0.05, 0.1) is 21.9 Å². The summed E-state index contributed by atoms with van der Waals surface area (Å²) in [5.41, 5.74) is 2.09. The Morgan fingerprint density at radius 3 is 2.56 bits per heavy atom. The normalized spacial score (nSPS) is 13.6. The third-order valence-corrected chi connectivity index (χ3v) is 5.35. The molecule has 1 unspecified atom stereocenters. The molecule has 6 heteroatoms. The molecule has 1 aromatic carbocycles. The Morgan fingerprint density at radius 2 is 2.00 bits per heavy atom. The molecule has 1 N–H and O–H groups in total. The number of hydrogen-bond donors (Lipinski definition) is 1. The molecule has 0 bridgehead atoms. The Hall–Kier alpha value is -1.79. The van der Waals surface area contributed by atoms with Crippen molar-refractivity contribution in [2.45, 2.75) is 33.4 Å². The molecule has 1 atom stereocenters. The van der Waals surface area contributed by atoms with Gasteiger partial charge in [0, 0.05) is 10.6 Å². The van der Waals surface area contributed by atoms with Crippen LogP contribution in [0, 0.1) is 5.82 Å². The average Bonchev–Trinajstić information content (AvgIpc) is 2.99. The van der Waals surface area contributed by atoms with Gasteiger partial charge in [0.25, 0.3) is 5.91 Å². The van der Waals surface area contributed by atoms with Crippen molar-refractivity contribution in [3.63, 3.8) is 0 Å². The lowest BCUT2D eigenvalue weighted by Gasteiger charge is -2.16. The minimum absolute atomic E-state index is 0.187. The first-order valence-corrected chi connectivity index (χ1v) is 9.50. The molecule has 0 aliphatic heterocycles. The molecule has 1 amide bonds. The SMILES string of the molecule is C/C=C(/C(=O)NC(C)c1ccc(F)cc1)C(C)=NCc1ccc(Br)s1. The molecule has 1 aromatic heterocycles. The predicted molar refractivity (Wildman–Crippen MR) is 106 cm³/mol. The van der Waals surface area contributed by atoms with E-state index >= 15 is 0 Å². The van der Waals surface area contributed by atoms with Crippen molar-refractivity contribution >= 4 is 38.9 Å². The van der Waals surface area contributed by atoms with E-state index in [1.165, 1.54) is 12.1 Å². The summed E-state index contributed by atoms with van der Waals surface area (Å²) in [5.74, 6) is -0.479. The fraction of sp³-hybridized carbons (Fsp3) is 0.263. The molecule has 0 aliphatic rings. The van der Waals surface area contributed by atoms with Crippen molar-refractivity contribution in [1.29, 1.82) is 0 Å². The number of halogens is 2. The lowest BCUT2D eigenvalue weighted by Crippen LogP contribution is -2.30. The summed E-state index contributed by atoms with van der Waals surface area (Å²) in [7, 11) is 0. The van der Waals surface area contributed by atoms with Gasteiger partial charge >= 0.3 is 0 Å². The molecule has 0 aliphatic carbocycles. The molecule has 0 saturated heterocycles. The smallest absolute Gasteiger partial charge is 0.253 e. The molecule has 1 heterocycles. The molecule has 2 rings (SSSR count). The van der Waals surface area contributed by atoms with Gasteiger partial charge in [0.2, 0.25) is 0 Å². The summed E-state index contributed by atoms with van der Waals surface area (Å²) in [6, 6.07) is 9.90. The Labute approximate surface area is 159 Å². The number of carbonyl (C=O) groups excluding carboxylic acids is 1. The molecule has 0 fully saturated rings. The molecular formula is C19H20BrFN2OS. The van der Waals surface area contributed by atoms with Gasteiger partial charge in [-0.15, -0.1) is 11.3 Å². The van der Waals surface area contributed by atoms with Gasteiger partial charge in [-0.3, -0.25) is 9.79 Å². The predicted octanol–water partition coefficient (Wildman–Crippen LogP) is 5.43. The quantitative estimate of drug-likeness (QED) is 0.488. The maximum absolute atomic E-state index is 13.0. The topological polar surface area (TPSA) is 41.5 Å². The van der Waals surface area contributed by atoms with Crippen LogP contribution in [-0.4, -0.2) is 11.6 Å². The van der Waals surface area contributed by atoms with E-state index in [0.717, 1.165) is 14.2 Å². The van der Waals surface area contributed by atoms with E-state index in [0.29, 0.717) is 17.8 Å². The zero-order chi connectivity index (χ0) is 18.4. The highest BCUT2D eigenvalue weighted by molar-refractivity contribution is 9.11. The van der Waals surface area contributed by atoms with Gasteiger partial charge in [-0.25, -0.2) is 4.39 Å². The second kappa shape index (κ2) is 9.06. The van der Waals surface area contributed by atoms with E-state index in [2.05, 4.69) is 26.2 Å². The summed E-state index contributed by atoms with van der Waals surface area (Å²) in [6.07, 6.45) is 1.76. The highest BCUT2D eigenvalue weighted by atomic mass is 79.9. The maximum atomic E-state index is 13.0. The van der Waals surface area contributed by atoms with Gasteiger partial charge in [-0.2, -0.15) is 0 Å². The number of allylic oxidation sites excluding steroid dienone is 1. The van der Waals surface area contributed by atoms with Crippen LogP contribution in [-0.2, 0) is 11.3 Å². The van der Waals surface area contributed by atoms with Crippen LogP contribution in [0.5, 0.6) is 0 Å². The second-order valence-electron chi connectivity index (χ2n) is 5.56. The average molecular weight is 423 g/mol. The summed E-state index contributed by atoms with van der Waals surface area (Å²) in [6.45, 7) is 6.06. The third-order valence-electron chi connectivity index (χ3n) is 3.74. The van der Waals surface area contributed by atoms with E-state index in [-0.39, 0.29) is 17.8 Å². The zero-order valence-electron chi connectivity index (χ0n) is 14.3. The number of carbonyl (C=O) groups is 1. The van der Waals surface area contributed by atoms with Crippen LogP contribution in [0.15, 0.2) is 56.8 Å². The van der Waals surface area contributed by atoms with Crippen molar-refractivity contribution in [1.82, 2.24) is 5.32 Å². The zero-order valence-corrected chi connectivity index (χ0v) is 16.7. The highest BCUT2D eigenvalue weighted by Gasteiger charge is 2.15. The number of nitrogens with zero attached hydrogens (tertiary/aromatic N) is 1. The Morgan fingerprint density at radius 1 is 1.32 bits per heavy atom. The summed E-state index contributed by atoms with van der Waals surface area (Å²) < 4.78 is 14.1. The molecule has 0 spiro atoms. The standard InChI is InChI=1S/C19H20BrFN2OS/c1-4-17(13(3)22-11-16-9-10-18(20)25-16)19(24)23-12(2)14-5-7-15(21)8-6-14/h4-10,12H,11H2,1-3H3,(H,23,24)/b17-4+,22-13?. The van der Waals surface area contributed by atoms with Gasteiger partial charge in [0.15, 0.2) is 0 Å². The van der Waals surface area contributed by atoms with Gasteiger partial charge in [0.1, 0.15) is 5.82 Å². The van der Waals surface area contributed by atoms with Gasteiger partial charge < -0.3 is 5.32 Å². The Kier molecular flexibility index (Phi) is 7.08. The molecule has 0 saturated carbocycles. The lowest BCUT2D eigenvalue weighted by molar-refractivity contribution is -0.117. The number of nitrogens with one attached hydrogen (secondary N) is 1.